The monoisotopic (exact) mass is 193 g/mol. The van der Waals surface area contributed by atoms with E-state index in [1.54, 1.807) is 0 Å². The minimum atomic E-state index is 1.06. The fourth-order valence-electron chi connectivity index (χ4n) is 1.39. The van der Waals surface area contributed by atoms with E-state index in [1.807, 2.05) is 26.2 Å². The van der Waals surface area contributed by atoms with Crippen LogP contribution in [0.3, 0.4) is 0 Å². The SMILES string of the molecule is CNCCCN(C)c1ccnc(C)c1. The van der Waals surface area contributed by atoms with Crippen LogP contribution in [0.4, 0.5) is 5.69 Å². The molecule has 1 aromatic rings. The number of hydrogen-bond acceptors (Lipinski definition) is 3. The second-order valence-electron chi connectivity index (χ2n) is 3.53. The van der Waals surface area contributed by atoms with Crippen LogP contribution >= 0.6 is 0 Å². The van der Waals surface area contributed by atoms with Gasteiger partial charge in [-0.25, -0.2) is 0 Å². The van der Waals surface area contributed by atoms with E-state index >= 15 is 0 Å². The van der Waals surface area contributed by atoms with Crippen molar-refractivity contribution in [2.75, 3.05) is 32.1 Å². The van der Waals surface area contributed by atoms with E-state index in [1.165, 1.54) is 5.69 Å². The molecule has 0 fully saturated rings. The van der Waals surface area contributed by atoms with Crippen molar-refractivity contribution < 1.29 is 0 Å². The van der Waals surface area contributed by atoms with Crippen molar-refractivity contribution in [3.8, 4) is 0 Å². The molecule has 0 aliphatic carbocycles. The molecule has 14 heavy (non-hydrogen) atoms. The Hall–Kier alpha value is -1.09. The third-order valence-electron chi connectivity index (χ3n) is 2.24. The zero-order chi connectivity index (χ0) is 10.4. The summed E-state index contributed by atoms with van der Waals surface area (Å²) in [6, 6.07) is 4.16. The highest BCUT2D eigenvalue weighted by molar-refractivity contribution is 5.45. The number of nitrogens with zero attached hydrogens (tertiary/aromatic N) is 2. The van der Waals surface area contributed by atoms with Gasteiger partial charge in [-0.1, -0.05) is 0 Å². The Morgan fingerprint density at radius 2 is 2.29 bits per heavy atom. The van der Waals surface area contributed by atoms with Crippen LogP contribution in [-0.2, 0) is 0 Å². The normalized spacial score (nSPS) is 10.2. The van der Waals surface area contributed by atoms with Crippen LogP contribution in [0.1, 0.15) is 12.1 Å². The van der Waals surface area contributed by atoms with Gasteiger partial charge in [0.2, 0.25) is 0 Å². The molecular weight excluding hydrogens is 174 g/mol. The van der Waals surface area contributed by atoms with Crippen molar-refractivity contribution in [3.05, 3.63) is 24.0 Å². The largest absolute Gasteiger partial charge is 0.374 e. The van der Waals surface area contributed by atoms with Gasteiger partial charge in [0.1, 0.15) is 0 Å². The van der Waals surface area contributed by atoms with Crippen LogP contribution < -0.4 is 10.2 Å². The summed E-state index contributed by atoms with van der Waals surface area (Å²) in [5.74, 6) is 0. The molecule has 0 unspecified atom stereocenters. The summed E-state index contributed by atoms with van der Waals surface area (Å²) >= 11 is 0. The van der Waals surface area contributed by atoms with Gasteiger partial charge in [0, 0.05) is 31.2 Å². The van der Waals surface area contributed by atoms with Gasteiger partial charge in [-0.05, 0) is 39.1 Å². The van der Waals surface area contributed by atoms with Crippen LogP contribution in [-0.4, -0.2) is 32.2 Å². The number of aromatic nitrogens is 1. The summed E-state index contributed by atoms with van der Waals surface area (Å²) < 4.78 is 0. The minimum Gasteiger partial charge on any atom is -0.374 e. The molecule has 0 saturated heterocycles. The second kappa shape index (κ2) is 5.60. The Balaban J connectivity index is 2.47. The van der Waals surface area contributed by atoms with Crippen molar-refractivity contribution in [1.29, 1.82) is 0 Å². The van der Waals surface area contributed by atoms with Gasteiger partial charge in [0.25, 0.3) is 0 Å². The fraction of sp³-hybridized carbons (Fsp3) is 0.545. The molecule has 0 saturated carbocycles. The van der Waals surface area contributed by atoms with Gasteiger partial charge in [-0.3, -0.25) is 4.98 Å². The second-order valence-corrected chi connectivity index (χ2v) is 3.53. The van der Waals surface area contributed by atoms with E-state index in [4.69, 9.17) is 0 Å². The maximum Gasteiger partial charge on any atom is 0.0397 e. The lowest BCUT2D eigenvalue weighted by molar-refractivity contribution is 0.712. The molecule has 0 atom stereocenters. The Bertz CT molecular complexity index is 273. The number of aryl methyl sites for hydroxylation is 1. The van der Waals surface area contributed by atoms with Crippen LogP contribution in [0.5, 0.6) is 0 Å². The van der Waals surface area contributed by atoms with Crippen molar-refractivity contribution in [3.63, 3.8) is 0 Å². The lowest BCUT2D eigenvalue weighted by Crippen LogP contribution is -2.22. The Morgan fingerprint density at radius 3 is 2.93 bits per heavy atom. The molecule has 0 spiro atoms. The van der Waals surface area contributed by atoms with Gasteiger partial charge in [-0.2, -0.15) is 0 Å². The van der Waals surface area contributed by atoms with E-state index in [9.17, 15) is 0 Å². The topological polar surface area (TPSA) is 28.2 Å². The first-order valence-electron chi connectivity index (χ1n) is 5.02. The predicted octanol–water partition coefficient (Wildman–Crippen LogP) is 1.44. The molecule has 3 heteroatoms. The first-order valence-corrected chi connectivity index (χ1v) is 5.02. The average Bonchev–Trinajstić information content (AvgIpc) is 2.18. The quantitative estimate of drug-likeness (QED) is 0.717. The number of rotatable bonds is 5. The maximum absolute atomic E-state index is 4.18. The lowest BCUT2D eigenvalue weighted by Gasteiger charge is -2.19. The van der Waals surface area contributed by atoms with Gasteiger partial charge in [0.15, 0.2) is 0 Å². The van der Waals surface area contributed by atoms with E-state index in [-0.39, 0.29) is 0 Å². The first-order chi connectivity index (χ1) is 6.74. The molecule has 0 radical (unpaired) electrons. The highest BCUT2D eigenvalue weighted by Crippen LogP contribution is 2.12. The Labute approximate surface area is 86.2 Å². The molecule has 3 nitrogen and oxygen atoms in total. The van der Waals surface area contributed by atoms with Crippen LogP contribution in [0.25, 0.3) is 0 Å². The molecule has 0 amide bonds. The van der Waals surface area contributed by atoms with Crippen molar-refractivity contribution >= 4 is 5.69 Å². The summed E-state index contributed by atoms with van der Waals surface area (Å²) in [5.41, 5.74) is 2.32. The molecule has 78 valence electrons. The summed E-state index contributed by atoms with van der Waals surface area (Å²) in [6.45, 7) is 4.16. The number of pyridine rings is 1. The average molecular weight is 193 g/mol. The molecule has 0 aliphatic heterocycles. The molecule has 0 aliphatic rings. The van der Waals surface area contributed by atoms with Gasteiger partial charge in [0.05, 0.1) is 0 Å². The van der Waals surface area contributed by atoms with Crippen molar-refractivity contribution in [2.24, 2.45) is 0 Å². The zero-order valence-corrected chi connectivity index (χ0v) is 9.25. The standard InChI is InChI=1S/C11H19N3/c1-10-9-11(5-7-13-10)14(3)8-4-6-12-2/h5,7,9,12H,4,6,8H2,1-3H3. The Kier molecular flexibility index (Phi) is 4.40. The first kappa shape index (κ1) is 11.0. The van der Waals surface area contributed by atoms with E-state index in [0.717, 1.165) is 25.2 Å². The van der Waals surface area contributed by atoms with E-state index in [0.29, 0.717) is 0 Å². The molecule has 1 aromatic heterocycles. The zero-order valence-electron chi connectivity index (χ0n) is 9.25. The van der Waals surface area contributed by atoms with Gasteiger partial charge >= 0.3 is 0 Å². The molecule has 1 heterocycles. The number of anilines is 1. The third kappa shape index (κ3) is 3.34. The number of nitrogens with one attached hydrogen (secondary N) is 1. The third-order valence-corrected chi connectivity index (χ3v) is 2.24. The smallest absolute Gasteiger partial charge is 0.0397 e. The summed E-state index contributed by atoms with van der Waals surface area (Å²) in [5, 5.41) is 3.15. The van der Waals surface area contributed by atoms with Gasteiger partial charge in [-0.15, -0.1) is 0 Å². The highest BCUT2D eigenvalue weighted by Gasteiger charge is 1.99. The summed E-state index contributed by atoms with van der Waals surface area (Å²) in [4.78, 5) is 6.44. The molecule has 0 aromatic carbocycles. The maximum atomic E-state index is 4.18. The van der Waals surface area contributed by atoms with Gasteiger partial charge < -0.3 is 10.2 Å². The lowest BCUT2D eigenvalue weighted by atomic mass is 10.3. The Morgan fingerprint density at radius 1 is 1.50 bits per heavy atom. The molecule has 0 bridgehead atoms. The van der Waals surface area contributed by atoms with Crippen LogP contribution in [0.2, 0.25) is 0 Å². The van der Waals surface area contributed by atoms with Crippen molar-refractivity contribution in [2.45, 2.75) is 13.3 Å². The summed E-state index contributed by atoms with van der Waals surface area (Å²) in [7, 11) is 4.10. The van der Waals surface area contributed by atoms with Crippen LogP contribution in [0, 0.1) is 6.92 Å². The molecular formula is C11H19N3. The number of hydrogen-bond donors (Lipinski definition) is 1. The van der Waals surface area contributed by atoms with Crippen LogP contribution in [0.15, 0.2) is 18.3 Å². The molecule has 1 N–H and O–H groups in total. The molecule has 1 rings (SSSR count). The fourth-order valence-corrected chi connectivity index (χ4v) is 1.39. The van der Waals surface area contributed by atoms with Crippen molar-refractivity contribution in [1.82, 2.24) is 10.3 Å². The van der Waals surface area contributed by atoms with E-state index in [2.05, 4.69) is 28.3 Å². The van der Waals surface area contributed by atoms with E-state index < -0.39 is 0 Å². The minimum absolute atomic E-state index is 1.06. The predicted molar refractivity (Wildman–Crippen MR) is 60.8 cm³/mol. The summed E-state index contributed by atoms with van der Waals surface area (Å²) in [6.07, 6.45) is 3.02. The highest BCUT2D eigenvalue weighted by atomic mass is 15.1.